The van der Waals surface area contributed by atoms with Gasteiger partial charge in [0.15, 0.2) is 11.6 Å². The van der Waals surface area contributed by atoms with Crippen molar-refractivity contribution < 1.29 is 53.2 Å². The monoisotopic (exact) mass is 775 g/mol. The van der Waals surface area contributed by atoms with Gasteiger partial charge in [-0.15, -0.1) is 11.5 Å². The molecule has 14 nitrogen and oxygen atoms in total. The fraction of sp³-hybridized carbons (Fsp3) is 0.0588. The number of rotatable bonds is 10. The van der Waals surface area contributed by atoms with E-state index in [1.165, 1.54) is 61.0 Å². The van der Waals surface area contributed by atoms with E-state index in [1.807, 2.05) is 0 Å². The second-order valence-corrected chi connectivity index (χ2v) is 13.8. The topological polar surface area (TPSA) is 215 Å². The van der Waals surface area contributed by atoms with E-state index in [-0.39, 0.29) is 50.0 Å². The number of aromatic nitrogens is 2. The van der Waals surface area contributed by atoms with Crippen LogP contribution in [-0.2, 0) is 37.1 Å². The third-order valence-corrected chi connectivity index (χ3v) is 9.31. The summed E-state index contributed by atoms with van der Waals surface area (Å²) in [5.41, 5.74) is 1.98. The smallest absolute Gasteiger partial charge is 0.872 e. The largest absolute Gasteiger partial charge is 2.00 e. The minimum atomic E-state index is -3.76. The van der Waals surface area contributed by atoms with Crippen LogP contribution in [0.5, 0.6) is 11.5 Å². The molecule has 0 aliphatic heterocycles. The van der Waals surface area contributed by atoms with Crippen LogP contribution >= 0.6 is 0 Å². The molecule has 0 bridgehead atoms. The Balaban J connectivity index is 0.000000224. The quantitative estimate of drug-likeness (QED) is 0.137. The summed E-state index contributed by atoms with van der Waals surface area (Å²) in [7, 11) is -7.53. The van der Waals surface area contributed by atoms with E-state index < -0.39 is 20.0 Å². The average Bonchev–Trinajstić information content (AvgIpc) is 3.70. The summed E-state index contributed by atoms with van der Waals surface area (Å²) in [6.07, 6.45) is 2.89. The van der Waals surface area contributed by atoms with Gasteiger partial charge < -0.3 is 19.3 Å². The predicted octanol–water partition coefficient (Wildman–Crippen LogP) is 5.21. The first-order valence-electron chi connectivity index (χ1n) is 14.6. The molecule has 0 aliphatic rings. The van der Waals surface area contributed by atoms with Crippen LogP contribution in [0.2, 0.25) is 0 Å². The fourth-order valence-electron chi connectivity index (χ4n) is 4.11. The molecule has 6 rings (SSSR count). The number of nitrogens with zero attached hydrogens (tertiary/aromatic N) is 4. The Kier molecular flexibility index (Phi) is 12.5. The maximum Gasteiger partial charge on any atom is 2.00 e. The second-order valence-electron chi connectivity index (χ2n) is 10.4. The Bertz CT molecular complexity index is 2190. The van der Waals surface area contributed by atoms with Crippen molar-refractivity contribution in [1.29, 1.82) is 0 Å². The maximum absolute atomic E-state index is 12.3. The van der Waals surface area contributed by atoms with Gasteiger partial charge in [0, 0.05) is 24.6 Å². The van der Waals surface area contributed by atoms with Crippen molar-refractivity contribution in [1.82, 2.24) is 10.3 Å². The molecule has 0 unspecified atom stereocenters. The third-order valence-electron chi connectivity index (χ3n) is 6.57. The number of para-hydroxylation sites is 2. The van der Waals surface area contributed by atoms with Crippen molar-refractivity contribution in [3.05, 3.63) is 132 Å². The summed E-state index contributed by atoms with van der Waals surface area (Å²) in [6.45, 7) is 3.33. The number of hydrogen-bond acceptors (Lipinski definition) is 12. The van der Waals surface area contributed by atoms with E-state index in [4.69, 9.17) is 9.05 Å². The molecule has 0 amide bonds. The van der Waals surface area contributed by atoms with Crippen LogP contribution in [0, 0.1) is 13.8 Å². The van der Waals surface area contributed by atoms with Gasteiger partial charge in [0.2, 0.25) is 0 Å². The zero-order valence-electron chi connectivity index (χ0n) is 26.7. The minimum absolute atomic E-state index is 0. The van der Waals surface area contributed by atoms with Crippen LogP contribution in [-0.4, -0.2) is 39.6 Å². The molecule has 0 atom stereocenters. The van der Waals surface area contributed by atoms with E-state index >= 15 is 0 Å². The van der Waals surface area contributed by atoms with E-state index in [0.717, 1.165) is 0 Å². The molecule has 0 aliphatic carbocycles. The Hall–Kier alpha value is -5.74. The van der Waals surface area contributed by atoms with Crippen LogP contribution in [0.1, 0.15) is 22.6 Å². The standard InChI is InChI=1S/2C17H15N3O4S.Cu/c2*1-12-10-17(19-24-12)20-25(22,23)15-8-6-14(7-9-15)18-11-13-4-2-3-5-16(13)21;/h2*2-11,21H,1H3,(H,19,20);/q;;+2/p-2. The molecule has 265 valence electrons. The molecular formula is C34H28CuN6O8S2. The fourth-order valence-corrected chi connectivity index (χ4v) is 6.07. The number of sulfonamides is 2. The van der Waals surface area contributed by atoms with Crippen LogP contribution in [0.4, 0.5) is 23.0 Å². The molecule has 6 aromatic rings. The van der Waals surface area contributed by atoms with Crippen LogP contribution < -0.4 is 19.7 Å². The van der Waals surface area contributed by atoms with Crippen molar-refractivity contribution in [2.45, 2.75) is 23.6 Å². The van der Waals surface area contributed by atoms with Crippen molar-refractivity contribution in [2.24, 2.45) is 9.98 Å². The van der Waals surface area contributed by atoms with Gasteiger partial charge in [-0.3, -0.25) is 19.4 Å². The van der Waals surface area contributed by atoms with Crippen molar-refractivity contribution in [2.75, 3.05) is 9.44 Å². The van der Waals surface area contributed by atoms with Gasteiger partial charge in [-0.1, -0.05) is 58.8 Å². The van der Waals surface area contributed by atoms with E-state index in [9.17, 15) is 27.0 Å². The number of aliphatic imine (C=N–C) groups is 2. The molecule has 2 aromatic heterocycles. The average molecular weight is 776 g/mol. The molecular weight excluding hydrogens is 748 g/mol. The van der Waals surface area contributed by atoms with Crippen molar-refractivity contribution >= 4 is 55.5 Å². The SMILES string of the molecule is Cc1cc(NS(=O)(=O)c2ccc(N=Cc3ccccc3[O-])cc2)no1.Cc1cc(NS(=O)(=O)c2ccc(N=Cc3ccccc3[O-])cc2)no1.[Cu+2]. The summed E-state index contributed by atoms with van der Waals surface area (Å²) in [4.78, 5) is 8.49. The molecule has 2 N–H and O–H groups in total. The van der Waals surface area contributed by atoms with Crippen molar-refractivity contribution in [3.8, 4) is 11.5 Å². The van der Waals surface area contributed by atoms with Gasteiger partial charge in [-0.2, -0.15) is 0 Å². The number of aryl methyl sites for hydroxylation is 2. The zero-order valence-corrected chi connectivity index (χ0v) is 29.3. The molecule has 0 spiro atoms. The zero-order chi connectivity index (χ0) is 35.7. The molecule has 51 heavy (non-hydrogen) atoms. The van der Waals surface area contributed by atoms with Crippen LogP contribution in [0.25, 0.3) is 0 Å². The molecule has 0 fully saturated rings. The van der Waals surface area contributed by atoms with Gasteiger partial charge in [0.1, 0.15) is 11.5 Å². The predicted molar refractivity (Wildman–Crippen MR) is 183 cm³/mol. The first-order valence-corrected chi connectivity index (χ1v) is 17.6. The molecule has 2 heterocycles. The number of nitrogens with one attached hydrogen (secondary N) is 2. The molecule has 0 saturated heterocycles. The summed E-state index contributed by atoms with van der Waals surface area (Å²) in [6, 6.07) is 27.9. The van der Waals surface area contributed by atoms with Crippen LogP contribution in [0.15, 0.2) is 138 Å². The van der Waals surface area contributed by atoms with Gasteiger partial charge in [0.25, 0.3) is 20.0 Å². The minimum Gasteiger partial charge on any atom is -0.872 e. The summed E-state index contributed by atoms with van der Waals surface area (Å²) < 4.78 is 63.4. The van der Waals surface area contributed by atoms with Gasteiger partial charge >= 0.3 is 17.1 Å². The van der Waals surface area contributed by atoms with E-state index in [0.29, 0.717) is 34.0 Å². The first-order chi connectivity index (χ1) is 23.9. The van der Waals surface area contributed by atoms with Gasteiger partial charge in [-0.25, -0.2) is 16.8 Å². The van der Waals surface area contributed by atoms with Gasteiger partial charge in [0.05, 0.1) is 21.2 Å². The first kappa shape index (κ1) is 38.1. The number of benzene rings is 4. The molecule has 4 aromatic carbocycles. The number of hydrogen-bond donors (Lipinski definition) is 2. The molecule has 0 saturated carbocycles. The number of anilines is 2. The molecule has 1 radical (unpaired) electrons. The van der Waals surface area contributed by atoms with Crippen LogP contribution in [0.3, 0.4) is 0 Å². The third kappa shape index (κ3) is 10.6. The van der Waals surface area contributed by atoms with E-state index in [1.54, 1.807) is 74.5 Å². The van der Waals surface area contributed by atoms with Crippen molar-refractivity contribution in [3.63, 3.8) is 0 Å². The Labute approximate surface area is 304 Å². The molecule has 17 heteroatoms. The summed E-state index contributed by atoms with van der Waals surface area (Å²) in [5, 5.41) is 30.4. The van der Waals surface area contributed by atoms with E-state index in [2.05, 4.69) is 29.7 Å². The normalized spacial score (nSPS) is 11.5. The second kappa shape index (κ2) is 16.8. The Morgan fingerprint density at radius 1 is 0.588 bits per heavy atom. The summed E-state index contributed by atoms with van der Waals surface area (Å²) >= 11 is 0. The summed E-state index contributed by atoms with van der Waals surface area (Å²) in [5.74, 6) is 0.982. The van der Waals surface area contributed by atoms with Gasteiger partial charge in [-0.05, 0) is 73.5 Å². The maximum atomic E-state index is 12.3. The Morgan fingerprint density at radius 2 is 0.941 bits per heavy atom. The Morgan fingerprint density at radius 3 is 1.25 bits per heavy atom.